The van der Waals surface area contributed by atoms with Crippen LogP contribution in [0.3, 0.4) is 0 Å². The first kappa shape index (κ1) is 17.6. The quantitative estimate of drug-likeness (QED) is 0.298. The van der Waals surface area contributed by atoms with E-state index in [1.54, 1.807) is 11.3 Å². The van der Waals surface area contributed by atoms with Crippen LogP contribution in [0.1, 0.15) is 11.1 Å². The summed E-state index contributed by atoms with van der Waals surface area (Å²) in [6.45, 7) is 4.26. The van der Waals surface area contributed by atoms with E-state index in [9.17, 15) is 0 Å². The van der Waals surface area contributed by atoms with Crippen LogP contribution in [0.25, 0.3) is 21.8 Å². The van der Waals surface area contributed by atoms with Gasteiger partial charge in [-0.25, -0.2) is 0 Å². The highest BCUT2D eigenvalue weighted by Gasteiger charge is 2.14. The van der Waals surface area contributed by atoms with Gasteiger partial charge in [0, 0.05) is 21.9 Å². The average Bonchev–Trinajstić information content (AvgIpc) is 3.38. The number of aromatic nitrogens is 1. The largest absolute Gasteiger partial charge is 0.320 e. The maximum Gasteiger partial charge on any atom is 0.124 e. The summed E-state index contributed by atoms with van der Waals surface area (Å²) >= 11 is 1.58. The number of thiophene rings is 1. The summed E-state index contributed by atoms with van der Waals surface area (Å²) in [6, 6.07) is 29.4. The molecule has 5 rings (SSSR count). The molecule has 0 spiro atoms. The third kappa shape index (κ3) is 3.08. The molecular weight excluding hydrogens is 374 g/mol. The van der Waals surface area contributed by atoms with Gasteiger partial charge in [0.1, 0.15) is 11.7 Å². The van der Waals surface area contributed by atoms with Crippen LogP contribution in [-0.2, 0) is 6.67 Å². The van der Waals surface area contributed by atoms with E-state index in [0.29, 0.717) is 6.67 Å². The third-order valence-corrected chi connectivity index (χ3v) is 5.99. The Morgan fingerprint density at radius 3 is 2.07 bits per heavy atom. The molecule has 0 atom stereocenters. The van der Waals surface area contributed by atoms with Crippen LogP contribution < -0.4 is 0 Å². The SMILES string of the molecule is C=Nc1sccc1/C(=N\Cn1c2ccccc2c2ccccc21)c1ccccc1. The summed E-state index contributed by atoms with van der Waals surface area (Å²) in [5.74, 6) is 0. The maximum atomic E-state index is 5.09. The van der Waals surface area contributed by atoms with Gasteiger partial charge in [-0.2, -0.15) is 0 Å². The van der Waals surface area contributed by atoms with Gasteiger partial charge in [0.25, 0.3) is 0 Å². The van der Waals surface area contributed by atoms with Crippen molar-refractivity contribution >= 4 is 50.6 Å². The number of benzene rings is 3. The lowest BCUT2D eigenvalue weighted by Gasteiger charge is -2.09. The fraction of sp³-hybridized carbons (Fsp3) is 0.0400. The summed E-state index contributed by atoms with van der Waals surface area (Å²) in [7, 11) is 0. The van der Waals surface area contributed by atoms with E-state index >= 15 is 0 Å². The summed E-state index contributed by atoms with van der Waals surface area (Å²) in [6.07, 6.45) is 0. The van der Waals surface area contributed by atoms with Crippen molar-refractivity contribution in [2.45, 2.75) is 6.67 Å². The third-order valence-electron chi connectivity index (χ3n) is 5.14. The lowest BCUT2D eigenvalue weighted by Crippen LogP contribution is -2.05. The van der Waals surface area contributed by atoms with E-state index in [1.165, 1.54) is 21.8 Å². The smallest absolute Gasteiger partial charge is 0.124 e. The molecule has 4 heteroatoms. The van der Waals surface area contributed by atoms with Gasteiger partial charge in [0.05, 0.1) is 16.7 Å². The molecule has 3 nitrogen and oxygen atoms in total. The zero-order valence-corrected chi connectivity index (χ0v) is 16.6. The van der Waals surface area contributed by atoms with E-state index in [2.05, 4.69) is 83.0 Å². The molecule has 0 radical (unpaired) electrons. The minimum absolute atomic E-state index is 0.532. The monoisotopic (exact) mass is 393 g/mol. The van der Waals surface area contributed by atoms with Gasteiger partial charge in [0.2, 0.25) is 0 Å². The van der Waals surface area contributed by atoms with Crippen LogP contribution in [0.2, 0.25) is 0 Å². The van der Waals surface area contributed by atoms with Crippen molar-refractivity contribution in [2.24, 2.45) is 9.98 Å². The number of para-hydroxylation sites is 2. The Bertz CT molecular complexity index is 1290. The second-order valence-electron chi connectivity index (χ2n) is 6.77. The molecule has 3 aromatic carbocycles. The molecule has 0 bridgehead atoms. The summed E-state index contributed by atoms with van der Waals surface area (Å²) < 4.78 is 2.28. The number of hydrogen-bond donors (Lipinski definition) is 0. The van der Waals surface area contributed by atoms with E-state index in [4.69, 9.17) is 4.99 Å². The first-order valence-electron chi connectivity index (χ1n) is 9.47. The lowest BCUT2D eigenvalue weighted by molar-refractivity contribution is 0.793. The molecule has 5 aromatic rings. The van der Waals surface area contributed by atoms with Gasteiger partial charge in [-0.1, -0.05) is 66.7 Å². The molecular formula is C25H19N3S. The number of hydrogen-bond acceptors (Lipinski definition) is 3. The fourth-order valence-electron chi connectivity index (χ4n) is 3.83. The Labute approximate surface area is 173 Å². The van der Waals surface area contributed by atoms with Crippen molar-refractivity contribution in [3.63, 3.8) is 0 Å². The minimum atomic E-state index is 0.532. The summed E-state index contributed by atoms with van der Waals surface area (Å²) in [5, 5.41) is 5.44. The Morgan fingerprint density at radius 2 is 1.41 bits per heavy atom. The molecule has 29 heavy (non-hydrogen) atoms. The second kappa shape index (κ2) is 7.49. The maximum absolute atomic E-state index is 5.09. The number of fused-ring (bicyclic) bond motifs is 3. The highest BCUT2D eigenvalue weighted by molar-refractivity contribution is 7.14. The predicted molar refractivity (Wildman–Crippen MR) is 125 cm³/mol. The molecule has 140 valence electrons. The number of nitrogens with zero attached hydrogens (tertiary/aromatic N) is 3. The molecule has 0 unspecified atom stereocenters. The molecule has 0 saturated carbocycles. The Kier molecular flexibility index (Phi) is 4.54. The molecule has 0 fully saturated rings. The molecule has 0 N–H and O–H groups in total. The van der Waals surface area contributed by atoms with E-state index < -0.39 is 0 Å². The van der Waals surface area contributed by atoms with Crippen LogP contribution in [0.4, 0.5) is 5.00 Å². The van der Waals surface area contributed by atoms with Gasteiger partial charge in [-0.15, -0.1) is 11.3 Å². The van der Waals surface area contributed by atoms with E-state index in [1.807, 2.05) is 23.6 Å². The Morgan fingerprint density at radius 1 is 0.793 bits per heavy atom. The summed E-state index contributed by atoms with van der Waals surface area (Å²) in [4.78, 5) is 9.29. The van der Waals surface area contributed by atoms with Gasteiger partial charge >= 0.3 is 0 Å². The normalized spacial score (nSPS) is 11.9. The van der Waals surface area contributed by atoms with Crippen molar-refractivity contribution in [3.8, 4) is 0 Å². The highest BCUT2D eigenvalue weighted by Crippen LogP contribution is 2.31. The van der Waals surface area contributed by atoms with Crippen LogP contribution >= 0.6 is 11.3 Å². The van der Waals surface area contributed by atoms with Gasteiger partial charge < -0.3 is 4.57 Å². The molecule has 2 heterocycles. The zero-order valence-electron chi connectivity index (χ0n) is 15.8. The van der Waals surface area contributed by atoms with E-state index in [-0.39, 0.29) is 0 Å². The zero-order chi connectivity index (χ0) is 19.6. The van der Waals surface area contributed by atoms with Crippen LogP contribution in [0, 0.1) is 0 Å². The average molecular weight is 394 g/mol. The van der Waals surface area contributed by atoms with Gasteiger partial charge in [-0.05, 0) is 30.3 Å². The molecule has 0 aliphatic carbocycles. The van der Waals surface area contributed by atoms with Crippen molar-refractivity contribution < 1.29 is 0 Å². The fourth-order valence-corrected chi connectivity index (χ4v) is 4.53. The van der Waals surface area contributed by atoms with Crippen LogP contribution in [0.15, 0.2) is 100 Å². The van der Waals surface area contributed by atoms with Gasteiger partial charge in [0.15, 0.2) is 0 Å². The molecule has 2 aromatic heterocycles. The summed E-state index contributed by atoms with van der Waals surface area (Å²) in [5.41, 5.74) is 5.43. The lowest BCUT2D eigenvalue weighted by atomic mass is 10.0. The van der Waals surface area contributed by atoms with E-state index in [0.717, 1.165) is 21.8 Å². The number of aliphatic imine (C=N–C) groups is 2. The predicted octanol–water partition coefficient (Wildman–Crippen LogP) is 6.68. The topological polar surface area (TPSA) is 29.6 Å². The number of rotatable bonds is 5. The molecule has 0 aliphatic heterocycles. The first-order chi connectivity index (χ1) is 14.4. The van der Waals surface area contributed by atoms with Crippen LogP contribution in [-0.4, -0.2) is 17.0 Å². The second-order valence-corrected chi connectivity index (χ2v) is 7.67. The van der Waals surface area contributed by atoms with Crippen molar-refractivity contribution in [1.29, 1.82) is 0 Å². The highest BCUT2D eigenvalue weighted by atomic mass is 32.1. The standard InChI is InChI=1S/C25H19N3S/c1-26-25-21(15-16-29-25)24(18-9-3-2-4-10-18)27-17-28-22-13-7-5-11-19(22)20-12-6-8-14-23(20)28/h2-16H,1,17H2/b27-24-. The van der Waals surface area contributed by atoms with Crippen molar-refractivity contribution in [1.82, 2.24) is 4.57 Å². The molecule has 0 amide bonds. The van der Waals surface area contributed by atoms with Crippen molar-refractivity contribution in [3.05, 3.63) is 101 Å². The van der Waals surface area contributed by atoms with Crippen LogP contribution in [0.5, 0.6) is 0 Å². The minimum Gasteiger partial charge on any atom is -0.320 e. The Balaban J connectivity index is 1.69. The first-order valence-corrected chi connectivity index (χ1v) is 10.3. The van der Waals surface area contributed by atoms with Gasteiger partial charge in [-0.3, -0.25) is 9.98 Å². The Hall–Kier alpha value is -3.50. The van der Waals surface area contributed by atoms with Crippen molar-refractivity contribution in [2.75, 3.05) is 0 Å². The molecule has 0 saturated heterocycles. The molecule has 0 aliphatic rings.